The van der Waals surface area contributed by atoms with E-state index >= 15 is 0 Å². The topological polar surface area (TPSA) is 84.5 Å². The highest BCUT2D eigenvalue weighted by Crippen LogP contribution is 2.27. The van der Waals surface area contributed by atoms with Gasteiger partial charge in [0.25, 0.3) is 0 Å². The molecule has 168 valence electrons. The molecule has 0 aliphatic carbocycles. The SMILES string of the molecule is CC1COC(c2ccc(C#N)c(F)c2)OC1.CC1COC(c2ccc(C#N)c(F)c2)OC1. The van der Waals surface area contributed by atoms with Crippen LogP contribution in [-0.4, -0.2) is 26.4 Å². The van der Waals surface area contributed by atoms with Gasteiger partial charge in [-0.3, -0.25) is 0 Å². The average Bonchev–Trinajstić information content (AvgIpc) is 2.80. The molecular weight excluding hydrogens is 418 g/mol. The molecule has 0 bridgehead atoms. The number of nitrogens with zero attached hydrogens (tertiary/aromatic N) is 2. The summed E-state index contributed by atoms with van der Waals surface area (Å²) in [6.45, 7) is 6.46. The van der Waals surface area contributed by atoms with Crippen molar-refractivity contribution in [3.8, 4) is 12.1 Å². The minimum Gasteiger partial charge on any atom is -0.348 e. The molecule has 0 N–H and O–H groups in total. The lowest BCUT2D eigenvalue weighted by atomic mass is 10.1. The second kappa shape index (κ2) is 11.1. The Morgan fingerprint density at radius 3 is 1.31 bits per heavy atom. The zero-order valence-corrected chi connectivity index (χ0v) is 17.9. The smallest absolute Gasteiger partial charge is 0.183 e. The molecule has 32 heavy (non-hydrogen) atoms. The maximum Gasteiger partial charge on any atom is 0.183 e. The zero-order chi connectivity index (χ0) is 23.1. The van der Waals surface area contributed by atoms with Crippen LogP contribution >= 0.6 is 0 Å². The van der Waals surface area contributed by atoms with Crippen LogP contribution in [0.3, 0.4) is 0 Å². The second-order valence-electron chi connectivity index (χ2n) is 7.91. The molecule has 2 aliphatic rings. The lowest BCUT2D eigenvalue weighted by molar-refractivity contribution is -0.202. The number of hydrogen-bond donors (Lipinski definition) is 0. The summed E-state index contributed by atoms with van der Waals surface area (Å²) in [5, 5.41) is 17.2. The monoisotopic (exact) mass is 442 g/mol. The van der Waals surface area contributed by atoms with Gasteiger partial charge in [0.15, 0.2) is 12.6 Å². The largest absolute Gasteiger partial charge is 0.348 e. The summed E-state index contributed by atoms with van der Waals surface area (Å²) in [6.07, 6.45) is -1.03. The Hall–Kier alpha value is -2.88. The minimum atomic E-state index is -0.536. The van der Waals surface area contributed by atoms with Crippen LogP contribution in [0.25, 0.3) is 0 Å². The Morgan fingerprint density at radius 1 is 0.688 bits per heavy atom. The highest BCUT2D eigenvalue weighted by molar-refractivity contribution is 5.34. The summed E-state index contributed by atoms with van der Waals surface area (Å²) >= 11 is 0. The van der Waals surface area contributed by atoms with Gasteiger partial charge in [-0.1, -0.05) is 26.0 Å². The van der Waals surface area contributed by atoms with Gasteiger partial charge in [-0.15, -0.1) is 0 Å². The third-order valence-electron chi connectivity index (χ3n) is 4.90. The first kappa shape index (κ1) is 23.8. The van der Waals surface area contributed by atoms with E-state index in [1.807, 2.05) is 13.8 Å². The molecule has 4 rings (SSSR count). The molecular formula is C24H24F2N2O4. The van der Waals surface area contributed by atoms with Gasteiger partial charge in [0, 0.05) is 23.0 Å². The molecule has 0 spiro atoms. The molecule has 8 heteroatoms. The summed E-state index contributed by atoms with van der Waals surface area (Å²) in [7, 11) is 0. The number of halogens is 2. The summed E-state index contributed by atoms with van der Waals surface area (Å²) in [6, 6.07) is 12.3. The highest BCUT2D eigenvalue weighted by Gasteiger charge is 2.22. The van der Waals surface area contributed by atoms with E-state index < -0.39 is 24.2 Å². The van der Waals surface area contributed by atoms with E-state index in [0.717, 1.165) is 0 Å². The van der Waals surface area contributed by atoms with E-state index in [2.05, 4.69) is 0 Å². The lowest BCUT2D eigenvalue weighted by Gasteiger charge is -2.27. The van der Waals surface area contributed by atoms with Crippen LogP contribution in [0.2, 0.25) is 0 Å². The molecule has 0 radical (unpaired) electrons. The Labute approximate surface area is 185 Å². The molecule has 0 amide bonds. The standard InChI is InChI=1S/2C12H12FNO2/c2*1-8-6-15-12(16-7-8)9-2-3-10(5-14)11(13)4-9/h2*2-4,8,12H,6-7H2,1H3. The predicted molar refractivity (Wildman–Crippen MR) is 110 cm³/mol. The maximum absolute atomic E-state index is 13.3. The fourth-order valence-corrected chi connectivity index (χ4v) is 3.12. The fraction of sp³-hybridized carbons (Fsp3) is 0.417. The summed E-state index contributed by atoms with van der Waals surface area (Å²) in [5.41, 5.74) is 1.30. The van der Waals surface area contributed by atoms with Crippen LogP contribution in [0, 0.1) is 46.1 Å². The van der Waals surface area contributed by atoms with Gasteiger partial charge in [-0.2, -0.15) is 10.5 Å². The van der Waals surface area contributed by atoms with Gasteiger partial charge in [0.2, 0.25) is 0 Å². The average molecular weight is 442 g/mol. The van der Waals surface area contributed by atoms with Crippen LogP contribution < -0.4 is 0 Å². The summed E-state index contributed by atoms with van der Waals surface area (Å²) in [4.78, 5) is 0. The van der Waals surface area contributed by atoms with E-state index in [1.165, 1.54) is 24.3 Å². The predicted octanol–water partition coefficient (Wildman–Crippen LogP) is 4.76. The molecule has 0 aromatic heterocycles. The van der Waals surface area contributed by atoms with Crippen LogP contribution in [0.15, 0.2) is 36.4 Å². The number of hydrogen-bond acceptors (Lipinski definition) is 6. The Bertz CT molecular complexity index is 921. The first-order valence-corrected chi connectivity index (χ1v) is 10.3. The summed E-state index contributed by atoms with van der Waals surface area (Å²) in [5.74, 6) is -0.351. The van der Waals surface area contributed by atoms with E-state index in [0.29, 0.717) is 49.4 Å². The van der Waals surface area contributed by atoms with E-state index in [4.69, 9.17) is 29.5 Å². The zero-order valence-electron chi connectivity index (χ0n) is 17.9. The lowest BCUT2D eigenvalue weighted by Crippen LogP contribution is -2.25. The first-order chi connectivity index (χ1) is 15.4. The van der Waals surface area contributed by atoms with Crippen LogP contribution in [0.1, 0.15) is 48.7 Å². The first-order valence-electron chi connectivity index (χ1n) is 10.3. The number of benzene rings is 2. The molecule has 2 fully saturated rings. The second-order valence-corrected chi connectivity index (χ2v) is 7.91. The van der Waals surface area contributed by atoms with Crippen molar-refractivity contribution in [2.24, 2.45) is 11.8 Å². The molecule has 0 saturated carbocycles. The van der Waals surface area contributed by atoms with Crippen molar-refractivity contribution >= 4 is 0 Å². The van der Waals surface area contributed by atoms with Crippen molar-refractivity contribution in [2.75, 3.05) is 26.4 Å². The molecule has 6 nitrogen and oxygen atoms in total. The Morgan fingerprint density at radius 2 is 1.03 bits per heavy atom. The van der Waals surface area contributed by atoms with Crippen LogP contribution in [0.4, 0.5) is 8.78 Å². The molecule has 2 heterocycles. The van der Waals surface area contributed by atoms with Crippen molar-refractivity contribution in [2.45, 2.75) is 26.4 Å². The summed E-state index contributed by atoms with van der Waals surface area (Å²) < 4.78 is 48.4. The number of nitriles is 2. The van der Waals surface area contributed by atoms with Gasteiger partial charge in [-0.05, 0) is 24.3 Å². The highest BCUT2D eigenvalue weighted by atomic mass is 19.1. The minimum absolute atomic E-state index is 0.0351. The fourth-order valence-electron chi connectivity index (χ4n) is 3.12. The van der Waals surface area contributed by atoms with Gasteiger partial charge in [0.05, 0.1) is 37.6 Å². The van der Waals surface area contributed by atoms with Crippen molar-refractivity contribution in [1.29, 1.82) is 10.5 Å². The van der Waals surface area contributed by atoms with Gasteiger partial charge in [-0.25, -0.2) is 8.78 Å². The molecule has 2 aliphatic heterocycles. The maximum atomic E-state index is 13.3. The molecule has 0 atom stereocenters. The molecule has 0 unspecified atom stereocenters. The molecule has 2 aromatic carbocycles. The van der Waals surface area contributed by atoms with Crippen LogP contribution in [0.5, 0.6) is 0 Å². The third-order valence-corrected chi connectivity index (χ3v) is 4.90. The van der Waals surface area contributed by atoms with Crippen LogP contribution in [-0.2, 0) is 18.9 Å². The normalized spacial score (nSPS) is 25.1. The van der Waals surface area contributed by atoms with Crippen molar-refractivity contribution in [1.82, 2.24) is 0 Å². The van der Waals surface area contributed by atoms with Gasteiger partial charge < -0.3 is 18.9 Å². The third kappa shape index (κ3) is 6.09. The Balaban J connectivity index is 0.000000181. The van der Waals surface area contributed by atoms with E-state index in [-0.39, 0.29) is 11.1 Å². The quantitative estimate of drug-likeness (QED) is 0.667. The molecule has 2 aromatic rings. The van der Waals surface area contributed by atoms with Crippen molar-refractivity contribution in [3.05, 3.63) is 70.3 Å². The Kier molecular flexibility index (Phi) is 8.26. The van der Waals surface area contributed by atoms with Gasteiger partial charge >= 0.3 is 0 Å². The van der Waals surface area contributed by atoms with E-state index in [9.17, 15) is 8.78 Å². The van der Waals surface area contributed by atoms with Gasteiger partial charge in [0.1, 0.15) is 23.8 Å². The van der Waals surface area contributed by atoms with Crippen molar-refractivity contribution in [3.63, 3.8) is 0 Å². The number of ether oxygens (including phenoxy) is 4. The van der Waals surface area contributed by atoms with E-state index in [1.54, 1.807) is 24.3 Å². The molecule has 2 saturated heterocycles. The van der Waals surface area contributed by atoms with Crippen molar-refractivity contribution < 1.29 is 27.7 Å². The number of rotatable bonds is 2.